The van der Waals surface area contributed by atoms with Crippen molar-refractivity contribution in [2.45, 2.75) is 38.5 Å². The van der Waals surface area contributed by atoms with Crippen LogP contribution in [0.4, 0.5) is 5.69 Å². The summed E-state index contributed by atoms with van der Waals surface area (Å²) in [7, 11) is -3.77. The number of anilines is 1. The molecule has 3 aromatic rings. The number of sulfonamides is 1. The second-order valence-corrected chi connectivity index (χ2v) is 11.4. The Morgan fingerprint density at radius 3 is 2.78 bits per heavy atom. The van der Waals surface area contributed by atoms with Crippen LogP contribution in [-0.2, 0) is 14.8 Å². The number of amides is 1. The van der Waals surface area contributed by atoms with E-state index >= 15 is 0 Å². The number of hydrogen-bond acceptors (Lipinski definition) is 7. The molecule has 1 aromatic carbocycles. The van der Waals surface area contributed by atoms with Crippen molar-refractivity contribution in [3.63, 3.8) is 0 Å². The second kappa shape index (κ2) is 8.93. The standard InChI is InChI=1S/C21H23ClN4O4S2/c1-12-6-7-16(22)9-17(12)24-21(27)15-5-4-8-26(11-15)32(28,29)19-10-18(31-13(19)2)20-23-14(3)30-25-20/h6-7,9-10,15H,4-5,8,11H2,1-3H3,(H,24,27). The minimum Gasteiger partial charge on any atom is -0.339 e. The van der Waals surface area contributed by atoms with Crippen molar-refractivity contribution in [1.29, 1.82) is 0 Å². The van der Waals surface area contributed by atoms with E-state index < -0.39 is 15.9 Å². The molecule has 0 saturated carbocycles. The van der Waals surface area contributed by atoms with Gasteiger partial charge in [0.1, 0.15) is 0 Å². The summed E-state index contributed by atoms with van der Waals surface area (Å²) in [6, 6.07) is 6.87. The van der Waals surface area contributed by atoms with E-state index in [2.05, 4.69) is 15.5 Å². The van der Waals surface area contributed by atoms with E-state index in [1.54, 1.807) is 32.0 Å². The molecule has 1 amide bonds. The smallest absolute Gasteiger partial charge is 0.244 e. The zero-order valence-corrected chi connectivity index (χ0v) is 20.3. The Balaban J connectivity index is 1.53. The molecule has 8 nitrogen and oxygen atoms in total. The van der Waals surface area contributed by atoms with Crippen LogP contribution in [-0.4, -0.2) is 41.9 Å². The lowest BCUT2D eigenvalue weighted by molar-refractivity contribution is -0.120. The van der Waals surface area contributed by atoms with Gasteiger partial charge >= 0.3 is 0 Å². The molecule has 1 saturated heterocycles. The highest BCUT2D eigenvalue weighted by atomic mass is 35.5. The van der Waals surface area contributed by atoms with Crippen molar-refractivity contribution >= 4 is 44.6 Å². The van der Waals surface area contributed by atoms with E-state index in [1.807, 2.05) is 13.0 Å². The first-order valence-corrected chi connectivity index (χ1v) is 12.8. The summed E-state index contributed by atoms with van der Waals surface area (Å²) in [5.41, 5.74) is 1.53. The maximum Gasteiger partial charge on any atom is 0.244 e. The van der Waals surface area contributed by atoms with Gasteiger partial charge in [0.05, 0.1) is 15.7 Å². The van der Waals surface area contributed by atoms with Gasteiger partial charge in [-0.1, -0.05) is 22.8 Å². The van der Waals surface area contributed by atoms with Crippen molar-refractivity contribution in [3.05, 3.63) is 45.6 Å². The fourth-order valence-electron chi connectivity index (χ4n) is 3.71. The Labute approximate surface area is 195 Å². The predicted octanol–water partition coefficient (Wildman–Crippen LogP) is 4.42. The molecule has 0 aliphatic carbocycles. The van der Waals surface area contributed by atoms with Gasteiger partial charge in [-0.3, -0.25) is 4.79 Å². The number of rotatable bonds is 5. The van der Waals surface area contributed by atoms with Gasteiger partial charge in [0.15, 0.2) is 0 Å². The maximum absolute atomic E-state index is 13.4. The number of nitrogens with zero attached hydrogens (tertiary/aromatic N) is 3. The van der Waals surface area contributed by atoms with Crippen molar-refractivity contribution in [3.8, 4) is 10.7 Å². The van der Waals surface area contributed by atoms with Gasteiger partial charge in [-0.25, -0.2) is 8.42 Å². The van der Waals surface area contributed by atoms with E-state index in [9.17, 15) is 13.2 Å². The van der Waals surface area contributed by atoms with Gasteiger partial charge in [0.25, 0.3) is 0 Å². The lowest BCUT2D eigenvalue weighted by atomic mass is 9.98. The Bertz CT molecular complexity index is 1270. The first-order chi connectivity index (χ1) is 15.1. The summed E-state index contributed by atoms with van der Waals surface area (Å²) in [4.78, 5) is 18.6. The first-order valence-electron chi connectivity index (χ1n) is 10.1. The number of carbonyl (C=O) groups excluding carboxylic acids is 1. The molecule has 170 valence electrons. The van der Waals surface area contributed by atoms with Crippen molar-refractivity contribution < 1.29 is 17.7 Å². The largest absolute Gasteiger partial charge is 0.339 e. The Hall–Kier alpha value is -2.27. The third-order valence-electron chi connectivity index (χ3n) is 5.45. The zero-order chi connectivity index (χ0) is 23.0. The number of halogens is 1. The van der Waals surface area contributed by atoms with E-state index in [0.717, 1.165) is 5.56 Å². The van der Waals surface area contributed by atoms with E-state index in [-0.39, 0.29) is 17.3 Å². The summed E-state index contributed by atoms with van der Waals surface area (Å²) in [6.45, 7) is 5.81. The fourth-order valence-corrected chi connectivity index (χ4v) is 6.89. The topological polar surface area (TPSA) is 105 Å². The molecule has 1 aliphatic heterocycles. The number of thiophene rings is 1. The number of aryl methyl sites for hydroxylation is 3. The van der Waals surface area contributed by atoms with Crippen LogP contribution in [0.5, 0.6) is 0 Å². The van der Waals surface area contributed by atoms with Crippen molar-refractivity contribution in [2.24, 2.45) is 5.92 Å². The molecule has 11 heteroatoms. The van der Waals surface area contributed by atoms with Crippen LogP contribution in [0.2, 0.25) is 5.02 Å². The van der Waals surface area contributed by atoms with Crippen LogP contribution in [0.3, 0.4) is 0 Å². The van der Waals surface area contributed by atoms with Gasteiger partial charge in [-0.15, -0.1) is 11.3 Å². The molecule has 4 rings (SSSR count). The number of carbonyl (C=O) groups is 1. The SMILES string of the molecule is Cc1nc(-c2cc(S(=O)(=O)N3CCCC(C(=O)Nc4cc(Cl)ccc4C)C3)c(C)s2)no1. The monoisotopic (exact) mass is 494 g/mol. The Morgan fingerprint density at radius 1 is 1.28 bits per heavy atom. The van der Waals surface area contributed by atoms with Gasteiger partial charge in [0, 0.05) is 35.6 Å². The van der Waals surface area contributed by atoms with Crippen molar-refractivity contribution in [1.82, 2.24) is 14.4 Å². The molecule has 1 atom stereocenters. The lowest BCUT2D eigenvalue weighted by Gasteiger charge is -2.31. The molecular weight excluding hydrogens is 472 g/mol. The van der Waals surface area contributed by atoms with Gasteiger partial charge in [-0.05, 0) is 50.5 Å². The number of piperidine rings is 1. The molecule has 2 aromatic heterocycles. The van der Waals surface area contributed by atoms with E-state index in [4.69, 9.17) is 16.1 Å². The Morgan fingerprint density at radius 2 is 2.06 bits per heavy atom. The molecule has 1 fully saturated rings. The molecule has 1 N–H and O–H groups in total. The van der Waals surface area contributed by atoms with Gasteiger partial charge in [0.2, 0.25) is 27.6 Å². The number of hydrogen-bond donors (Lipinski definition) is 1. The highest BCUT2D eigenvalue weighted by Gasteiger charge is 2.35. The number of nitrogens with one attached hydrogen (secondary N) is 1. The normalized spacial score (nSPS) is 17.4. The second-order valence-electron chi connectivity index (χ2n) is 7.82. The Kier molecular flexibility index (Phi) is 6.39. The third-order valence-corrected chi connectivity index (χ3v) is 8.85. The zero-order valence-electron chi connectivity index (χ0n) is 17.9. The third kappa shape index (κ3) is 4.59. The van der Waals surface area contributed by atoms with Crippen LogP contribution < -0.4 is 5.32 Å². The van der Waals surface area contributed by atoms with Crippen LogP contribution in [0.25, 0.3) is 10.7 Å². The average molecular weight is 495 g/mol. The summed E-state index contributed by atoms with van der Waals surface area (Å²) in [5.74, 6) is 0.121. The highest BCUT2D eigenvalue weighted by molar-refractivity contribution is 7.89. The van der Waals surface area contributed by atoms with E-state index in [1.165, 1.54) is 15.6 Å². The summed E-state index contributed by atoms with van der Waals surface area (Å²) in [6.07, 6.45) is 1.22. The molecule has 3 heterocycles. The van der Waals surface area contributed by atoms with Crippen LogP contribution in [0, 0.1) is 26.7 Å². The van der Waals surface area contributed by atoms with Gasteiger partial charge < -0.3 is 9.84 Å². The molecule has 0 bridgehead atoms. The van der Waals surface area contributed by atoms with Crippen LogP contribution in [0.15, 0.2) is 33.7 Å². The summed E-state index contributed by atoms with van der Waals surface area (Å²) >= 11 is 7.35. The van der Waals surface area contributed by atoms with Crippen molar-refractivity contribution in [2.75, 3.05) is 18.4 Å². The quantitative estimate of drug-likeness (QED) is 0.563. The number of benzene rings is 1. The highest BCUT2D eigenvalue weighted by Crippen LogP contribution is 2.35. The molecule has 0 spiro atoms. The summed E-state index contributed by atoms with van der Waals surface area (Å²) in [5, 5.41) is 7.31. The lowest BCUT2D eigenvalue weighted by Crippen LogP contribution is -2.43. The minimum absolute atomic E-state index is 0.125. The predicted molar refractivity (Wildman–Crippen MR) is 123 cm³/mol. The van der Waals surface area contributed by atoms with Gasteiger partial charge in [-0.2, -0.15) is 9.29 Å². The molecule has 0 radical (unpaired) electrons. The fraction of sp³-hybridized carbons (Fsp3) is 0.381. The van der Waals surface area contributed by atoms with E-state index in [0.29, 0.717) is 51.6 Å². The average Bonchev–Trinajstić information content (AvgIpc) is 3.36. The minimum atomic E-state index is -3.77. The number of aromatic nitrogens is 2. The van der Waals surface area contributed by atoms with Crippen LogP contribution >= 0.6 is 22.9 Å². The molecule has 1 unspecified atom stereocenters. The molecule has 1 aliphatic rings. The first kappa shape index (κ1) is 22.9. The van der Waals surface area contributed by atoms with Crippen LogP contribution in [0.1, 0.15) is 29.2 Å². The molecular formula is C21H23ClN4O4S2. The summed E-state index contributed by atoms with van der Waals surface area (Å²) < 4.78 is 33.2. The maximum atomic E-state index is 13.4. The molecule has 32 heavy (non-hydrogen) atoms.